The normalized spacial score (nSPS) is 12.0. The number of rotatable bonds is 59. The largest absolute Gasteiger partial charge is 0.462 e. The Hall–Kier alpha value is -1.59. The van der Waals surface area contributed by atoms with Crippen LogP contribution in [0, 0.1) is 11.8 Å². The second kappa shape index (κ2) is 57.7. The van der Waals surface area contributed by atoms with Crippen molar-refractivity contribution in [3.63, 3.8) is 0 Å². The van der Waals surface area contributed by atoms with Crippen LogP contribution in [0.15, 0.2) is 0 Å². The molecule has 0 rings (SSSR count). The maximum atomic E-state index is 12.9. The van der Waals surface area contributed by atoms with Crippen molar-refractivity contribution in [2.75, 3.05) is 13.2 Å². The van der Waals surface area contributed by atoms with Gasteiger partial charge >= 0.3 is 17.9 Å². The number of hydrogen-bond donors (Lipinski definition) is 0. The van der Waals surface area contributed by atoms with E-state index in [1.165, 1.54) is 257 Å². The van der Waals surface area contributed by atoms with E-state index in [0.29, 0.717) is 19.3 Å². The van der Waals surface area contributed by atoms with Crippen LogP contribution in [0.3, 0.4) is 0 Å². The zero-order chi connectivity index (χ0) is 51.8. The number of hydrogen-bond acceptors (Lipinski definition) is 6. The van der Waals surface area contributed by atoms with Crippen molar-refractivity contribution in [3.8, 4) is 0 Å². The third-order valence-electron chi connectivity index (χ3n) is 15.0. The van der Waals surface area contributed by atoms with E-state index in [1.807, 2.05) is 0 Å². The highest BCUT2D eigenvalue weighted by molar-refractivity contribution is 5.71. The Kier molecular flexibility index (Phi) is 56.4. The molecule has 6 heteroatoms. The van der Waals surface area contributed by atoms with Crippen LogP contribution >= 0.6 is 0 Å². The molecule has 0 N–H and O–H groups in total. The molecule has 0 saturated heterocycles. The van der Waals surface area contributed by atoms with Gasteiger partial charge in [0.05, 0.1) is 0 Å². The lowest BCUT2D eigenvalue weighted by molar-refractivity contribution is -0.167. The first-order valence-corrected chi connectivity index (χ1v) is 32.2. The van der Waals surface area contributed by atoms with E-state index in [-0.39, 0.29) is 31.1 Å². The lowest BCUT2D eigenvalue weighted by Gasteiger charge is -2.18. The van der Waals surface area contributed by atoms with Crippen molar-refractivity contribution in [3.05, 3.63) is 0 Å². The first kappa shape index (κ1) is 69.4. The first-order chi connectivity index (χ1) is 34.7. The molecule has 0 aliphatic heterocycles. The molecule has 0 saturated carbocycles. The molecule has 422 valence electrons. The van der Waals surface area contributed by atoms with Crippen LogP contribution in [0.25, 0.3) is 0 Å². The monoisotopic (exact) mass is 1000 g/mol. The Balaban J connectivity index is 4.29. The van der Waals surface area contributed by atoms with Crippen LogP contribution in [0.1, 0.15) is 369 Å². The number of esters is 3. The van der Waals surface area contributed by atoms with E-state index in [9.17, 15) is 14.4 Å². The van der Waals surface area contributed by atoms with Crippen molar-refractivity contribution < 1.29 is 28.6 Å². The molecule has 0 heterocycles. The summed E-state index contributed by atoms with van der Waals surface area (Å²) in [6.07, 6.45) is 63.9. The second-order valence-electron chi connectivity index (χ2n) is 23.4. The Bertz CT molecular complexity index is 1090. The molecule has 71 heavy (non-hydrogen) atoms. The molecule has 0 aromatic rings. The molecular weight excluding hydrogens is 877 g/mol. The highest BCUT2D eigenvalue weighted by Gasteiger charge is 2.19. The van der Waals surface area contributed by atoms with Crippen LogP contribution < -0.4 is 0 Å². The zero-order valence-corrected chi connectivity index (χ0v) is 48.9. The van der Waals surface area contributed by atoms with E-state index in [1.54, 1.807) is 0 Å². The average molecular weight is 1000 g/mol. The Morgan fingerprint density at radius 1 is 0.268 bits per heavy atom. The molecule has 0 aromatic heterocycles. The van der Waals surface area contributed by atoms with Gasteiger partial charge in [0.1, 0.15) is 13.2 Å². The molecule has 0 aliphatic rings. The van der Waals surface area contributed by atoms with E-state index in [4.69, 9.17) is 14.2 Å². The lowest BCUT2D eigenvalue weighted by atomic mass is 10.0. The molecule has 0 amide bonds. The van der Waals surface area contributed by atoms with Crippen LogP contribution in [-0.4, -0.2) is 37.2 Å². The van der Waals surface area contributed by atoms with E-state index in [2.05, 4.69) is 34.6 Å². The third kappa shape index (κ3) is 59.2. The summed E-state index contributed by atoms with van der Waals surface area (Å²) in [4.78, 5) is 38.3. The van der Waals surface area contributed by atoms with Gasteiger partial charge in [0.25, 0.3) is 0 Å². The molecule has 0 fully saturated rings. The molecule has 0 unspecified atom stereocenters. The van der Waals surface area contributed by atoms with E-state index >= 15 is 0 Å². The maximum Gasteiger partial charge on any atom is 0.306 e. The Labute approximate surface area is 444 Å². The summed E-state index contributed by atoms with van der Waals surface area (Å²) < 4.78 is 17.0. The smallest absolute Gasteiger partial charge is 0.306 e. The van der Waals surface area contributed by atoms with Gasteiger partial charge in [0.2, 0.25) is 0 Å². The standard InChI is InChI=1S/C65H126O6/c1-6-7-8-9-10-11-12-13-14-15-16-19-27-32-37-42-47-52-57-65(68)71-62(59-70-64(67)56-51-46-41-36-31-26-22-21-24-29-34-39-44-49-54-61(4)5)58-69-63(66)55-50-45-40-35-30-25-20-17-18-23-28-33-38-43-48-53-60(2)3/h60-62H,6-59H2,1-5H3/t62-/m0/s1. The topological polar surface area (TPSA) is 78.9 Å². The predicted octanol–water partition coefficient (Wildman–Crippen LogP) is 21.6. The SMILES string of the molecule is CCCCCCCCCCCCCCCCCCCCC(=O)O[C@@H](COC(=O)CCCCCCCCCCCCCCCCCC(C)C)COC(=O)CCCCCCCCCCCCCCCCC(C)C. The van der Waals surface area contributed by atoms with Crippen molar-refractivity contribution in [2.45, 2.75) is 375 Å². The fourth-order valence-electron chi connectivity index (χ4n) is 10.1. The summed E-state index contributed by atoms with van der Waals surface area (Å²) in [5, 5.41) is 0. The van der Waals surface area contributed by atoms with Crippen LogP contribution in [0.2, 0.25) is 0 Å². The summed E-state index contributed by atoms with van der Waals surface area (Å²) in [6.45, 7) is 11.5. The third-order valence-corrected chi connectivity index (χ3v) is 15.0. The summed E-state index contributed by atoms with van der Waals surface area (Å²) in [7, 11) is 0. The Morgan fingerprint density at radius 3 is 0.690 bits per heavy atom. The molecule has 0 radical (unpaired) electrons. The highest BCUT2D eigenvalue weighted by Crippen LogP contribution is 2.19. The maximum absolute atomic E-state index is 12.9. The van der Waals surface area contributed by atoms with Crippen molar-refractivity contribution in [1.29, 1.82) is 0 Å². The summed E-state index contributed by atoms with van der Waals surface area (Å²) in [5.41, 5.74) is 0. The molecule has 6 nitrogen and oxygen atoms in total. The van der Waals surface area contributed by atoms with Gasteiger partial charge in [-0.25, -0.2) is 0 Å². The average Bonchev–Trinajstić information content (AvgIpc) is 3.35. The van der Waals surface area contributed by atoms with Crippen LogP contribution in [0.5, 0.6) is 0 Å². The molecular formula is C65H126O6. The quantitative estimate of drug-likeness (QED) is 0.0343. The van der Waals surface area contributed by atoms with E-state index < -0.39 is 6.10 Å². The predicted molar refractivity (Wildman–Crippen MR) is 307 cm³/mol. The minimum atomic E-state index is -0.764. The van der Waals surface area contributed by atoms with Crippen molar-refractivity contribution >= 4 is 17.9 Å². The van der Waals surface area contributed by atoms with Gasteiger partial charge in [0, 0.05) is 19.3 Å². The van der Waals surface area contributed by atoms with Gasteiger partial charge < -0.3 is 14.2 Å². The number of unbranched alkanes of at least 4 members (excludes halogenated alkanes) is 44. The lowest BCUT2D eigenvalue weighted by Crippen LogP contribution is -2.30. The fraction of sp³-hybridized carbons (Fsp3) is 0.954. The fourth-order valence-corrected chi connectivity index (χ4v) is 10.1. The van der Waals surface area contributed by atoms with Gasteiger partial charge in [-0.15, -0.1) is 0 Å². The van der Waals surface area contributed by atoms with Crippen molar-refractivity contribution in [1.82, 2.24) is 0 Å². The number of carbonyl (C=O) groups excluding carboxylic acids is 3. The van der Waals surface area contributed by atoms with Gasteiger partial charge in [-0.2, -0.15) is 0 Å². The number of ether oxygens (including phenoxy) is 3. The van der Waals surface area contributed by atoms with Gasteiger partial charge in [-0.05, 0) is 31.1 Å². The molecule has 0 aliphatic carbocycles. The number of carbonyl (C=O) groups is 3. The minimum Gasteiger partial charge on any atom is -0.462 e. The molecule has 0 aromatic carbocycles. The highest BCUT2D eigenvalue weighted by atomic mass is 16.6. The van der Waals surface area contributed by atoms with Crippen molar-refractivity contribution in [2.24, 2.45) is 11.8 Å². The summed E-state index contributed by atoms with van der Waals surface area (Å²) in [6, 6.07) is 0. The molecule has 1 atom stereocenters. The molecule has 0 bridgehead atoms. The zero-order valence-electron chi connectivity index (χ0n) is 48.9. The molecule has 0 spiro atoms. The summed E-state index contributed by atoms with van der Waals surface area (Å²) >= 11 is 0. The Morgan fingerprint density at radius 2 is 0.465 bits per heavy atom. The first-order valence-electron chi connectivity index (χ1n) is 32.2. The minimum absolute atomic E-state index is 0.0618. The van der Waals surface area contributed by atoms with Crippen LogP contribution in [-0.2, 0) is 28.6 Å². The van der Waals surface area contributed by atoms with Gasteiger partial charge in [-0.3, -0.25) is 14.4 Å². The van der Waals surface area contributed by atoms with Gasteiger partial charge in [-0.1, -0.05) is 330 Å². The van der Waals surface area contributed by atoms with E-state index in [0.717, 1.165) is 69.6 Å². The summed E-state index contributed by atoms with van der Waals surface area (Å²) in [5.74, 6) is 0.864. The van der Waals surface area contributed by atoms with Crippen LogP contribution in [0.4, 0.5) is 0 Å². The second-order valence-corrected chi connectivity index (χ2v) is 23.4. The van der Waals surface area contributed by atoms with Gasteiger partial charge in [0.15, 0.2) is 6.10 Å².